The maximum Gasteiger partial charge on any atom is 0.410 e. The van der Waals surface area contributed by atoms with Crippen LogP contribution in [0.4, 0.5) is 9.59 Å². The summed E-state index contributed by atoms with van der Waals surface area (Å²) in [6, 6.07) is 0. The Kier molecular flexibility index (Phi) is 10.2. The van der Waals surface area contributed by atoms with E-state index in [1.165, 1.54) is 0 Å². The molecular weight excluding hydrogens is 386 g/mol. The van der Waals surface area contributed by atoms with Crippen LogP contribution in [0.5, 0.6) is 0 Å². The van der Waals surface area contributed by atoms with E-state index in [1.54, 1.807) is 11.9 Å². The van der Waals surface area contributed by atoms with Crippen molar-refractivity contribution in [3.63, 3.8) is 0 Å². The summed E-state index contributed by atoms with van der Waals surface area (Å²) in [5.41, 5.74) is -0.973. The molecule has 1 rings (SSSR count). The second-order valence-corrected chi connectivity index (χ2v) is 9.60. The molecule has 0 saturated carbocycles. The van der Waals surface area contributed by atoms with Crippen LogP contribution in [0.3, 0.4) is 0 Å². The molecule has 1 atom stereocenters. The summed E-state index contributed by atoms with van der Waals surface area (Å²) < 4.78 is 10.7. The Balaban J connectivity index is 2.27. The summed E-state index contributed by atoms with van der Waals surface area (Å²) in [4.78, 5) is 29.9. The van der Waals surface area contributed by atoms with E-state index in [0.717, 1.165) is 32.4 Å². The second kappa shape index (κ2) is 11.9. The van der Waals surface area contributed by atoms with Gasteiger partial charge in [-0.1, -0.05) is 0 Å². The summed E-state index contributed by atoms with van der Waals surface area (Å²) in [5.74, 6) is 1.06. The van der Waals surface area contributed by atoms with Crippen molar-refractivity contribution in [3.05, 3.63) is 0 Å². The second-order valence-electron chi connectivity index (χ2n) is 9.60. The highest BCUT2D eigenvalue weighted by molar-refractivity contribution is 5.79. The third-order valence-corrected chi connectivity index (χ3v) is 4.27. The zero-order valence-corrected chi connectivity index (χ0v) is 19.8. The fourth-order valence-electron chi connectivity index (χ4n) is 2.99. The average molecular weight is 428 g/mol. The monoisotopic (exact) mass is 427 g/mol. The number of piperidine rings is 1. The van der Waals surface area contributed by atoms with Gasteiger partial charge in [0.1, 0.15) is 11.2 Å². The van der Waals surface area contributed by atoms with E-state index in [4.69, 9.17) is 9.47 Å². The SMILES string of the molecule is CN=C(NCCCNC(=O)OC(C)(C)C)NCC1CCCN(C(=O)OC(C)(C)C)C1. The van der Waals surface area contributed by atoms with E-state index in [0.29, 0.717) is 31.5 Å². The molecule has 1 saturated heterocycles. The van der Waals surface area contributed by atoms with Gasteiger partial charge >= 0.3 is 12.2 Å². The van der Waals surface area contributed by atoms with Gasteiger partial charge in [-0.15, -0.1) is 0 Å². The number of nitrogens with zero attached hydrogens (tertiary/aromatic N) is 2. The van der Waals surface area contributed by atoms with Crippen molar-refractivity contribution in [2.24, 2.45) is 10.9 Å². The van der Waals surface area contributed by atoms with E-state index in [9.17, 15) is 9.59 Å². The lowest BCUT2D eigenvalue weighted by Gasteiger charge is -2.34. The quantitative estimate of drug-likeness (QED) is 0.342. The molecule has 0 aromatic rings. The summed E-state index contributed by atoms with van der Waals surface area (Å²) in [6.45, 7) is 14.5. The van der Waals surface area contributed by atoms with Crippen LogP contribution in [-0.2, 0) is 9.47 Å². The lowest BCUT2D eigenvalue weighted by atomic mass is 9.98. The first kappa shape index (κ1) is 25.8. The molecule has 1 aliphatic rings. The minimum Gasteiger partial charge on any atom is -0.444 e. The fraction of sp³-hybridized carbons (Fsp3) is 0.857. The number of hydrogen-bond acceptors (Lipinski definition) is 5. The molecule has 0 aromatic heterocycles. The molecule has 9 nitrogen and oxygen atoms in total. The number of ether oxygens (including phenoxy) is 2. The number of carbonyl (C=O) groups excluding carboxylic acids is 2. The van der Waals surface area contributed by atoms with Gasteiger partial charge in [0.15, 0.2) is 5.96 Å². The van der Waals surface area contributed by atoms with Crippen LogP contribution in [0, 0.1) is 5.92 Å². The zero-order chi connectivity index (χ0) is 22.8. The highest BCUT2D eigenvalue weighted by atomic mass is 16.6. The van der Waals surface area contributed by atoms with Crippen LogP contribution in [0.1, 0.15) is 60.8 Å². The van der Waals surface area contributed by atoms with Crippen molar-refractivity contribution in [1.29, 1.82) is 0 Å². The van der Waals surface area contributed by atoms with Crippen LogP contribution in [0.25, 0.3) is 0 Å². The molecule has 0 aliphatic carbocycles. The Morgan fingerprint density at radius 3 is 2.23 bits per heavy atom. The maximum atomic E-state index is 12.3. The first-order valence-electron chi connectivity index (χ1n) is 10.8. The van der Waals surface area contributed by atoms with Crippen LogP contribution >= 0.6 is 0 Å². The smallest absolute Gasteiger partial charge is 0.410 e. The van der Waals surface area contributed by atoms with Gasteiger partial charge in [-0.2, -0.15) is 0 Å². The molecule has 9 heteroatoms. The minimum atomic E-state index is -0.494. The van der Waals surface area contributed by atoms with E-state index < -0.39 is 17.3 Å². The topological polar surface area (TPSA) is 104 Å². The van der Waals surface area contributed by atoms with E-state index in [-0.39, 0.29) is 6.09 Å². The number of hydrogen-bond donors (Lipinski definition) is 3. The number of aliphatic imine (C=N–C) groups is 1. The molecule has 1 aliphatic heterocycles. The Morgan fingerprint density at radius 1 is 1.00 bits per heavy atom. The van der Waals surface area contributed by atoms with Crippen LogP contribution in [0.2, 0.25) is 0 Å². The summed E-state index contributed by atoms with van der Waals surface area (Å²) >= 11 is 0. The molecule has 0 bridgehead atoms. The molecule has 1 heterocycles. The van der Waals surface area contributed by atoms with E-state index in [1.807, 2.05) is 41.5 Å². The predicted octanol–water partition coefficient (Wildman–Crippen LogP) is 2.71. The highest BCUT2D eigenvalue weighted by Gasteiger charge is 2.27. The molecule has 1 fully saturated rings. The third kappa shape index (κ3) is 11.7. The molecule has 3 N–H and O–H groups in total. The summed E-state index contributed by atoms with van der Waals surface area (Å²) in [6.07, 6.45) is 2.12. The first-order valence-corrected chi connectivity index (χ1v) is 10.8. The van der Waals surface area contributed by atoms with Gasteiger partial charge in [-0.05, 0) is 66.7 Å². The van der Waals surface area contributed by atoms with Crippen molar-refractivity contribution in [2.75, 3.05) is 39.8 Å². The Bertz CT molecular complexity index is 581. The molecule has 0 aromatic carbocycles. The minimum absolute atomic E-state index is 0.243. The normalized spacial score (nSPS) is 17.9. The number of guanidine groups is 1. The largest absolute Gasteiger partial charge is 0.444 e. The number of likely N-dealkylation sites (tertiary alicyclic amines) is 1. The van der Waals surface area contributed by atoms with Crippen molar-refractivity contribution < 1.29 is 19.1 Å². The lowest BCUT2D eigenvalue weighted by molar-refractivity contribution is 0.0168. The number of nitrogens with one attached hydrogen (secondary N) is 3. The molecule has 0 radical (unpaired) electrons. The highest BCUT2D eigenvalue weighted by Crippen LogP contribution is 2.18. The third-order valence-electron chi connectivity index (χ3n) is 4.27. The molecular formula is C21H41N5O4. The molecule has 30 heavy (non-hydrogen) atoms. The van der Waals surface area contributed by atoms with Crippen LogP contribution in [-0.4, -0.2) is 74.0 Å². The number of carbonyl (C=O) groups is 2. The number of alkyl carbamates (subject to hydrolysis) is 1. The van der Waals surface area contributed by atoms with Gasteiger partial charge in [0.2, 0.25) is 0 Å². The average Bonchev–Trinajstić information content (AvgIpc) is 2.61. The maximum absolute atomic E-state index is 12.3. The van der Waals surface area contributed by atoms with Gasteiger partial charge in [-0.3, -0.25) is 4.99 Å². The lowest BCUT2D eigenvalue weighted by Crippen LogP contribution is -2.47. The van der Waals surface area contributed by atoms with E-state index in [2.05, 4.69) is 20.9 Å². The van der Waals surface area contributed by atoms with Gasteiger partial charge in [0, 0.05) is 39.8 Å². The molecule has 1 unspecified atom stereocenters. The van der Waals surface area contributed by atoms with Gasteiger partial charge in [-0.25, -0.2) is 9.59 Å². The molecule has 0 spiro atoms. The standard InChI is InChI=1S/C21H41N5O4/c1-20(2,3)29-18(27)24-12-9-11-23-17(22-7)25-14-16-10-8-13-26(15-16)19(28)30-21(4,5)6/h16H,8-15H2,1-7H3,(H,24,27)(H2,22,23,25). The van der Waals surface area contributed by atoms with Gasteiger partial charge in [0.05, 0.1) is 0 Å². The molecule has 2 amide bonds. The summed E-state index contributed by atoms with van der Waals surface area (Å²) in [7, 11) is 1.72. The van der Waals surface area contributed by atoms with Crippen molar-refractivity contribution in [2.45, 2.75) is 72.0 Å². The first-order chi connectivity index (χ1) is 13.9. The molecule has 174 valence electrons. The zero-order valence-electron chi connectivity index (χ0n) is 19.8. The Hall–Kier alpha value is -2.19. The van der Waals surface area contributed by atoms with Crippen molar-refractivity contribution >= 4 is 18.1 Å². The number of amides is 2. The summed E-state index contributed by atoms with van der Waals surface area (Å²) in [5, 5.41) is 9.30. The Labute approximate surface area is 181 Å². The van der Waals surface area contributed by atoms with Crippen LogP contribution < -0.4 is 16.0 Å². The van der Waals surface area contributed by atoms with Gasteiger partial charge < -0.3 is 30.3 Å². The van der Waals surface area contributed by atoms with Crippen LogP contribution in [0.15, 0.2) is 4.99 Å². The number of rotatable bonds is 6. The van der Waals surface area contributed by atoms with Gasteiger partial charge in [0.25, 0.3) is 0 Å². The van der Waals surface area contributed by atoms with Crippen molar-refractivity contribution in [1.82, 2.24) is 20.9 Å². The van der Waals surface area contributed by atoms with Crippen molar-refractivity contribution in [3.8, 4) is 0 Å². The van der Waals surface area contributed by atoms with E-state index >= 15 is 0 Å². The Morgan fingerprint density at radius 2 is 1.63 bits per heavy atom. The predicted molar refractivity (Wildman–Crippen MR) is 119 cm³/mol. The fourth-order valence-corrected chi connectivity index (χ4v) is 2.99.